The molecule has 1 aromatic carbocycles. The molecule has 5 nitrogen and oxygen atoms in total. The number of rotatable bonds is 4. The zero-order valence-electron chi connectivity index (χ0n) is 10.8. The second kappa shape index (κ2) is 4.86. The molecule has 0 spiro atoms. The minimum Gasteiger partial charge on any atom is -0.457 e. The fourth-order valence-corrected chi connectivity index (χ4v) is 2.43. The van der Waals surface area contributed by atoms with Gasteiger partial charge in [-0.2, -0.15) is 8.42 Å². The monoisotopic (exact) mass is 284 g/mol. The van der Waals surface area contributed by atoms with Crippen LogP contribution in [0, 0.1) is 0 Å². The Morgan fingerprint density at radius 2 is 1.74 bits per heavy atom. The lowest BCUT2D eigenvalue weighted by atomic mass is 10.1. The number of ether oxygens (including phenoxy) is 2. The Balaban J connectivity index is 2.00. The van der Waals surface area contributed by atoms with Gasteiger partial charge < -0.3 is 9.47 Å². The second-order valence-corrected chi connectivity index (χ2v) is 6.38. The van der Waals surface area contributed by atoms with Gasteiger partial charge in [-0.05, 0) is 11.1 Å². The molecule has 0 saturated heterocycles. The van der Waals surface area contributed by atoms with E-state index in [1.54, 1.807) is 30.5 Å². The molecule has 19 heavy (non-hydrogen) atoms. The standard InChI is InChI=1S/C13H16O5S/c1-13(2)17-8-12(18-13)7-10-3-5-11(6-4-10)9-19(14,15)16/h3-6,8H,7,9H2,1-2H3,(H,14,15,16). The fraction of sp³-hybridized carbons (Fsp3) is 0.385. The number of hydrogen-bond acceptors (Lipinski definition) is 4. The van der Waals surface area contributed by atoms with Gasteiger partial charge in [0, 0.05) is 20.3 Å². The molecule has 0 saturated carbocycles. The van der Waals surface area contributed by atoms with Gasteiger partial charge in [-0.25, -0.2) is 0 Å². The van der Waals surface area contributed by atoms with Gasteiger partial charge in [0.15, 0.2) is 0 Å². The van der Waals surface area contributed by atoms with Crippen LogP contribution in [0.4, 0.5) is 0 Å². The van der Waals surface area contributed by atoms with Gasteiger partial charge in [0.25, 0.3) is 10.1 Å². The fourth-order valence-electron chi connectivity index (χ4n) is 1.81. The summed E-state index contributed by atoms with van der Waals surface area (Å²) >= 11 is 0. The molecule has 0 amide bonds. The van der Waals surface area contributed by atoms with Crippen molar-refractivity contribution in [2.75, 3.05) is 0 Å². The zero-order valence-corrected chi connectivity index (χ0v) is 11.6. The van der Waals surface area contributed by atoms with Gasteiger partial charge in [0.1, 0.15) is 17.8 Å². The van der Waals surface area contributed by atoms with E-state index in [0.29, 0.717) is 12.0 Å². The molecule has 6 heteroatoms. The Kier molecular flexibility index (Phi) is 3.56. The first-order valence-electron chi connectivity index (χ1n) is 5.82. The molecule has 1 aliphatic rings. The lowest BCUT2D eigenvalue weighted by molar-refractivity contribution is -0.117. The van der Waals surface area contributed by atoms with Gasteiger partial charge in [0.2, 0.25) is 5.79 Å². The van der Waals surface area contributed by atoms with Crippen molar-refractivity contribution < 1.29 is 22.4 Å². The topological polar surface area (TPSA) is 72.8 Å². The number of hydrogen-bond donors (Lipinski definition) is 1. The largest absolute Gasteiger partial charge is 0.457 e. The molecule has 1 N–H and O–H groups in total. The van der Waals surface area contributed by atoms with Crippen molar-refractivity contribution in [2.45, 2.75) is 31.8 Å². The van der Waals surface area contributed by atoms with Crippen molar-refractivity contribution in [3.05, 3.63) is 47.4 Å². The Morgan fingerprint density at radius 3 is 2.21 bits per heavy atom. The van der Waals surface area contributed by atoms with Gasteiger partial charge in [-0.15, -0.1) is 0 Å². The average Bonchev–Trinajstić information content (AvgIpc) is 2.59. The highest BCUT2D eigenvalue weighted by Crippen LogP contribution is 2.26. The maximum absolute atomic E-state index is 10.7. The van der Waals surface area contributed by atoms with Crippen molar-refractivity contribution in [2.24, 2.45) is 0 Å². The number of benzene rings is 1. The molecular formula is C13H16O5S. The van der Waals surface area contributed by atoms with Crippen LogP contribution in [-0.2, 0) is 31.8 Å². The average molecular weight is 284 g/mol. The van der Waals surface area contributed by atoms with E-state index >= 15 is 0 Å². The Hall–Kier alpha value is -1.53. The third-order valence-electron chi connectivity index (χ3n) is 2.60. The SMILES string of the molecule is CC1(C)OC=C(Cc2ccc(CS(=O)(=O)O)cc2)O1. The first-order valence-corrected chi connectivity index (χ1v) is 7.43. The Bertz CT molecular complexity index is 584. The summed E-state index contributed by atoms with van der Waals surface area (Å²) < 4.78 is 41.1. The van der Waals surface area contributed by atoms with Crippen LogP contribution in [0.5, 0.6) is 0 Å². The minimum absolute atomic E-state index is 0.372. The summed E-state index contributed by atoms with van der Waals surface area (Å²) in [5, 5.41) is 0. The summed E-state index contributed by atoms with van der Waals surface area (Å²) in [5.74, 6) is -0.268. The van der Waals surface area contributed by atoms with E-state index in [1.807, 2.05) is 13.8 Å². The highest BCUT2D eigenvalue weighted by atomic mass is 32.2. The van der Waals surface area contributed by atoms with Crippen molar-refractivity contribution in [1.82, 2.24) is 0 Å². The van der Waals surface area contributed by atoms with Crippen molar-refractivity contribution >= 4 is 10.1 Å². The molecule has 0 radical (unpaired) electrons. The van der Waals surface area contributed by atoms with E-state index in [9.17, 15) is 8.42 Å². The Labute approximate surface area is 112 Å². The van der Waals surface area contributed by atoms with Crippen LogP contribution in [0.2, 0.25) is 0 Å². The van der Waals surface area contributed by atoms with E-state index < -0.39 is 15.9 Å². The first-order chi connectivity index (χ1) is 8.73. The maximum Gasteiger partial charge on any atom is 0.269 e. The second-order valence-electron chi connectivity index (χ2n) is 4.92. The predicted octanol–water partition coefficient (Wildman–Crippen LogP) is 2.24. The molecule has 1 aliphatic heterocycles. The van der Waals surface area contributed by atoms with Crippen LogP contribution in [0.1, 0.15) is 25.0 Å². The van der Waals surface area contributed by atoms with Crippen LogP contribution in [0.3, 0.4) is 0 Å². The molecule has 0 fully saturated rings. The van der Waals surface area contributed by atoms with E-state index in [4.69, 9.17) is 14.0 Å². The summed E-state index contributed by atoms with van der Waals surface area (Å²) in [7, 11) is -3.98. The van der Waals surface area contributed by atoms with Gasteiger partial charge in [-0.3, -0.25) is 4.55 Å². The molecule has 1 aromatic rings. The van der Waals surface area contributed by atoms with Gasteiger partial charge >= 0.3 is 0 Å². The van der Waals surface area contributed by atoms with Crippen LogP contribution in [0.25, 0.3) is 0 Å². The summed E-state index contributed by atoms with van der Waals surface area (Å²) in [6.45, 7) is 3.65. The third kappa shape index (κ3) is 4.25. The third-order valence-corrected chi connectivity index (χ3v) is 3.30. The van der Waals surface area contributed by atoms with Crippen LogP contribution in [0.15, 0.2) is 36.3 Å². The maximum atomic E-state index is 10.7. The van der Waals surface area contributed by atoms with Crippen molar-refractivity contribution in [3.63, 3.8) is 0 Å². The molecule has 0 aromatic heterocycles. The van der Waals surface area contributed by atoms with E-state index in [1.165, 1.54) is 0 Å². The molecule has 104 valence electrons. The highest BCUT2D eigenvalue weighted by Gasteiger charge is 2.27. The van der Waals surface area contributed by atoms with Crippen LogP contribution < -0.4 is 0 Å². The van der Waals surface area contributed by atoms with E-state index in [2.05, 4.69) is 0 Å². The van der Waals surface area contributed by atoms with E-state index in [0.717, 1.165) is 11.3 Å². The molecule has 0 aliphatic carbocycles. The lowest BCUT2D eigenvalue weighted by Gasteiger charge is -2.18. The van der Waals surface area contributed by atoms with Gasteiger partial charge in [-0.1, -0.05) is 24.3 Å². The van der Waals surface area contributed by atoms with Crippen molar-refractivity contribution in [3.8, 4) is 0 Å². The highest BCUT2D eigenvalue weighted by molar-refractivity contribution is 7.85. The summed E-state index contributed by atoms with van der Waals surface area (Å²) in [6.07, 6.45) is 2.17. The first kappa shape index (κ1) is 13.9. The van der Waals surface area contributed by atoms with Crippen LogP contribution in [-0.4, -0.2) is 18.8 Å². The van der Waals surface area contributed by atoms with Crippen LogP contribution >= 0.6 is 0 Å². The predicted molar refractivity (Wildman–Crippen MR) is 69.7 cm³/mol. The molecular weight excluding hydrogens is 268 g/mol. The molecule has 0 bridgehead atoms. The molecule has 2 rings (SSSR count). The van der Waals surface area contributed by atoms with Gasteiger partial charge in [0.05, 0.1) is 0 Å². The smallest absolute Gasteiger partial charge is 0.269 e. The number of allylic oxidation sites excluding steroid dienone is 1. The Morgan fingerprint density at radius 1 is 1.16 bits per heavy atom. The zero-order chi connectivity index (χ0) is 14.1. The summed E-state index contributed by atoms with van der Waals surface area (Å²) in [5.41, 5.74) is 1.52. The van der Waals surface area contributed by atoms with E-state index in [-0.39, 0.29) is 5.75 Å². The quantitative estimate of drug-likeness (QED) is 0.858. The lowest BCUT2D eigenvalue weighted by Crippen LogP contribution is -2.20. The molecule has 0 atom stereocenters. The normalized spacial score (nSPS) is 17.5. The molecule has 0 unspecified atom stereocenters. The van der Waals surface area contributed by atoms with Crippen molar-refractivity contribution in [1.29, 1.82) is 0 Å². The summed E-state index contributed by atoms with van der Waals surface area (Å²) in [6, 6.07) is 6.95. The minimum atomic E-state index is -3.98. The summed E-state index contributed by atoms with van der Waals surface area (Å²) in [4.78, 5) is 0. The molecule has 1 heterocycles.